The number of benzene rings is 1. The fourth-order valence-electron chi connectivity index (χ4n) is 3.07. The molecule has 1 heterocycles. The molecule has 0 amide bonds. The molecule has 0 unspecified atom stereocenters. The lowest BCUT2D eigenvalue weighted by Crippen LogP contribution is -2.39. The molecule has 0 bridgehead atoms. The van der Waals surface area contributed by atoms with E-state index in [1.54, 1.807) is 12.1 Å². The van der Waals surface area contributed by atoms with Crippen molar-refractivity contribution in [2.45, 2.75) is 45.3 Å². The van der Waals surface area contributed by atoms with E-state index in [2.05, 4.69) is 17.9 Å². The Morgan fingerprint density at radius 1 is 1.18 bits per heavy atom. The van der Waals surface area contributed by atoms with E-state index < -0.39 is 11.7 Å². The van der Waals surface area contributed by atoms with Crippen LogP contribution in [0.1, 0.15) is 43.7 Å². The molecule has 1 aromatic rings. The fraction of sp³-hybridized carbons (Fsp3) is 0.588. The van der Waals surface area contributed by atoms with E-state index in [9.17, 15) is 13.2 Å². The lowest BCUT2D eigenvalue weighted by Gasteiger charge is -2.40. The fourth-order valence-corrected chi connectivity index (χ4v) is 3.07. The molecular formula is C17H21F3N2. The number of nitrogens with zero attached hydrogens (tertiary/aromatic N) is 2. The Morgan fingerprint density at radius 2 is 1.77 bits per heavy atom. The van der Waals surface area contributed by atoms with Crippen LogP contribution in [0, 0.1) is 16.7 Å². The maximum absolute atomic E-state index is 12.5. The molecule has 22 heavy (non-hydrogen) atoms. The Bertz CT molecular complexity index is 520. The molecule has 0 aromatic heterocycles. The summed E-state index contributed by atoms with van der Waals surface area (Å²) in [5.74, 6) is 0. The summed E-state index contributed by atoms with van der Waals surface area (Å²) in [6.07, 6.45) is -0.705. The molecule has 1 aliphatic rings. The Kier molecular flexibility index (Phi) is 5.12. The van der Waals surface area contributed by atoms with Gasteiger partial charge in [0, 0.05) is 13.0 Å². The zero-order chi connectivity index (χ0) is 16.2. The Balaban J connectivity index is 1.92. The predicted molar refractivity (Wildman–Crippen MR) is 78.9 cm³/mol. The number of halogens is 3. The quantitative estimate of drug-likeness (QED) is 0.812. The van der Waals surface area contributed by atoms with Gasteiger partial charge in [-0.1, -0.05) is 19.1 Å². The highest BCUT2D eigenvalue weighted by Crippen LogP contribution is 2.38. The summed E-state index contributed by atoms with van der Waals surface area (Å²) in [5.41, 5.74) is 0.428. The molecule has 1 fully saturated rings. The molecule has 2 rings (SSSR count). The number of hydrogen-bond donors (Lipinski definition) is 0. The third-order valence-corrected chi connectivity index (χ3v) is 4.81. The molecule has 1 aromatic carbocycles. The molecule has 1 aliphatic heterocycles. The van der Waals surface area contributed by atoms with Gasteiger partial charge in [-0.05, 0) is 55.5 Å². The predicted octanol–water partition coefficient (Wildman–Crippen LogP) is 4.61. The molecule has 0 radical (unpaired) electrons. The van der Waals surface area contributed by atoms with Crippen molar-refractivity contribution in [3.63, 3.8) is 0 Å². The number of piperidine rings is 1. The van der Waals surface area contributed by atoms with Crippen molar-refractivity contribution in [1.29, 1.82) is 5.26 Å². The molecule has 0 spiro atoms. The highest BCUT2D eigenvalue weighted by molar-refractivity contribution is 5.24. The maximum atomic E-state index is 12.5. The first kappa shape index (κ1) is 16.8. The first-order valence-corrected chi connectivity index (χ1v) is 7.64. The van der Waals surface area contributed by atoms with E-state index >= 15 is 0 Å². The monoisotopic (exact) mass is 310 g/mol. The van der Waals surface area contributed by atoms with Crippen molar-refractivity contribution in [1.82, 2.24) is 4.90 Å². The van der Waals surface area contributed by atoms with Crippen LogP contribution in [0.4, 0.5) is 13.2 Å². The second kappa shape index (κ2) is 6.70. The normalized spacial score (nSPS) is 18.9. The Morgan fingerprint density at radius 3 is 2.23 bits per heavy atom. The molecule has 120 valence electrons. The summed E-state index contributed by atoms with van der Waals surface area (Å²) >= 11 is 0. The Hall–Kier alpha value is -1.54. The van der Waals surface area contributed by atoms with Gasteiger partial charge in [0.15, 0.2) is 0 Å². The largest absolute Gasteiger partial charge is 0.416 e. The van der Waals surface area contributed by atoms with Gasteiger partial charge in [0.25, 0.3) is 0 Å². The van der Waals surface area contributed by atoms with Crippen LogP contribution in [0.15, 0.2) is 24.3 Å². The first-order valence-electron chi connectivity index (χ1n) is 7.64. The Labute approximate surface area is 129 Å². The van der Waals surface area contributed by atoms with Crippen LogP contribution in [-0.2, 0) is 12.7 Å². The minimum absolute atomic E-state index is 0.130. The molecule has 0 N–H and O–H groups in total. The molecular weight excluding hydrogens is 289 g/mol. The van der Waals surface area contributed by atoms with E-state index in [1.807, 2.05) is 0 Å². The van der Waals surface area contributed by atoms with Crippen LogP contribution in [0.5, 0.6) is 0 Å². The van der Waals surface area contributed by atoms with E-state index in [-0.39, 0.29) is 5.41 Å². The third-order valence-electron chi connectivity index (χ3n) is 4.81. The molecule has 0 saturated carbocycles. The second-order valence-corrected chi connectivity index (χ2v) is 6.16. The minimum atomic E-state index is -4.28. The number of nitriles is 1. The van der Waals surface area contributed by atoms with Crippen LogP contribution < -0.4 is 0 Å². The van der Waals surface area contributed by atoms with Crippen LogP contribution in [0.3, 0.4) is 0 Å². The maximum Gasteiger partial charge on any atom is 0.416 e. The molecule has 2 nitrogen and oxygen atoms in total. The third kappa shape index (κ3) is 4.01. The molecule has 1 saturated heterocycles. The SMILES string of the molecule is CCC1(CC#N)CCN(Cc2ccc(C(F)(F)F)cc2)CC1. The van der Waals surface area contributed by atoms with Crippen LogP contribution in [0.2, 0.25) is 0 Å². The van der Waals surface area contributed by atoms with Crippen molar-refractivity contribution in [2.24, 2.45) is 5.41 Å². The highest BCUT2D eigenvalue weighted by atomic mass is 19.4. The zero-order valence-electron chi connectivity index (χ0n) is 12.8. The number of likely N-dealkylation sites (tertiary alicyclic amines) is 1. The van der Waals surface area contributed by atoms with E-state index in [4.69, 9.17) is 5.26 Å². The van der Waals surface area contributed by atoms with Crippen LogP contribution >= 0.6 is 0 Å². The summed E-state index contributed by atoms with van der Waals surface area (Å²) in [4.78, 5) is 2.26. The smallest absolute Gasteiger partial charge is 0.299 e. The van der Waals surface area contributed by atoms with Crippen molar-refractivity contribution in [3.05, 3.63) is 35.4 Å². The van der Waals surface area contributed by atoms with Crippen molar-refractivity contribution >= 4 is 0 Å². The lowest BCUT2D eigenvalue weighted by molar-refractivity contribution is -0.137. The van der Waals surface area contributed by atoms with Gasteiger partial charge in [-0.25, -0.2) is 0 Å². The molecule has 0 atom stereocenters. The van der Waals surface area contributed by atoms with Gasteiger partial charge in [0.2, 0.25) is 0 Å². The first-order chi connectivity index (χ1) is 10.4. The summed E-state index contributed by atoms with van der Waals surface area (Å²) in [6.45, 7) is 4.60. The van der Waals surface area contributed by atoms with Gasteiger partial charge in [0.1, 0.15) is 0 Å². The summed E-state index contributed by atoms with van der Waals surface area (Å²) in [5, 5.41) is 8.95. The second-order valence-electron chi connectivity index (χ2n) is 6.16. The van der Waals surface area contributed by atoms with Gasteiger partial charge < -0.3 is 0 Å². The van der Waals surface area contributed by atoms with E-state index in [0.29, 0.717) is 13.0 Å². The number of alkyl halides is 3. The summed E-state index contributed by atoms with van der Waals surface area (Å²) in [6, 6.07) is 7.69. The van der Waals surface area contributed by atoms with Gasteiger partial charge in [-0.3, -0.25) is 4.90 Å². The minimum Gasteiger partial charge on any atom is -0.299 e. The van der Waals surface area contributed by atoms with Gasteiger partial charge in [-0.2, -0.15) is 18.4 Å². The number of hydrogen-bond acceptors (Lipinski definition) is 2. The van der Waals surface area contributed by atoms with E-state index in [0.717, 1.165) is 50.0 Å². The van der Waals surface area contributed by atoms with Crippen LogP contribution in [0.25, 0.3) is 0 Å². The summed E-state index contributed by atoms with van der Waals surface area (Å²) < 4.78 is 37.6. The summed E-state index contributed by atoms with van der Waals surface area (Å²) in [7, 11) is 0. The van der Waals surface area contributed by atoms with Crippen LogP contribution in [-0.4, -0.2) is 18.0 Å². The van der Waals surface area contributed by atoms with Crippen molar-refractivity contribution in [3.8, 4) is 6.07 Å². The van der Waals surface area contributed by atoms with Crippen molar-refractivity contribution < 1.29 is 13.2 Å². The van der Waals surface area contributed by atoms with Gasteiger partial charge in [0.05, 0.1) is 11.6 Å². The topological polar surface area (TPSA) is 27.0 Å². The average molecular weight is 310 g/mol. The van der Waals surface area contributed by atoms with Gasteiger partial charge >= 0.3 is 6.18 Å². The lowest BCUT2D eigenvalue weighted by atomic mass is 9.74. The molecule has 5 heteroatoms. The standard InChI is InChI=1S/C17H21F3N2/c1-2-16(7-10-21)8-11-22(12-9-16)13-14-3-5-15(6-4-14)17(18,19)20/h3-6H,2,7-9,11-13H2,1H3. The van der Waals surface area contributed by atoms with E-state index in [1.165, 1.54) is 0 Å². The van der Waals surface area contributed by atoms with Crippen molar-refractivity contribution in [2.75, 3.05) is 13.1 Å². The number of rotatable bonds is 4. The highest BCUT2D eigenvalue weighted by Gasteiger charge is 2.33. The van der Waals surface area contributed by atoms with Gasteiger partial charge in [-0.15, -0.1) is 0 Å². The average Bonchev–Trinajstić information content (AvgIpc) is 2.49. The zero-order valence-corrected chi connectivity index (χ0v) is 12.8. The molecule has 0 aliphatic carbocycles.